The number of amides is 1. The molecule has 2 rings (SSSR count). The second-order valence-electron chi connectivity index (χ2n) is 5.48. The zero-order valence-electron chi connectivity index (χ0n) is 14.0. The fourth-order valence-corrected chi connectivity index (χ4v) is 2.80. The molecule has 0 aliphatic rings. The molecule has 0 radical (unpaired) electrons. The van der Waals surface area contributed by atoms with Crippen LogP contribution in [0.25, 0.3) is 6.08 Å². The van der Waals surface area contributed by atoms with Crippen molar-refractivity contribution in [2.75, 3.05) is 18.7 Å². The van der Waals surface area contributed by atoms with Crippen LogP contribution in [0.1, 0.15) is 11.1 Å². The first kappa shape index (κ1) is 18.7. The summed E-state index contributed by atoms with van der Waals surface area (Å²) < 4.78 is 42.1. The number of ether oxygens (including phenoxy) is 1. The molecule has 0 aliphatic heterocycles. The first-order chi connectivity index (χ1) is 11.7. The Labute approximate surface area is 146 Å². The Morgan fingerprint density at radius 3 is 2.56 bits per heavy atom. The van der Waals surface area contributed by atoms with Gasteiger partial charge < -0.3 is 10.1 Å². The number of sulfone groups is 1. The Bertz CT molecular complexity index is 936. The second-order valence-corrected chi connectivity index (χ2v) is 7.50. The van der Waals surface area contributed by atoms with E-state index < -0.39 is 21.6 Å². The predicted octanol–water partition coefficient (Wildman–Crippen LogP) is 3.20. The normalized spacial score (nSPS) is 11.5. The van der Waals surface area contributed by atoms with Crippen molar-refractivity contribution in [1.82, 2.24) is 0 Å². The number of methoxy groups -OCH3 is 1. The Balaban J connectivity index is 2.22. The molecule has 2 aromatic rings. The van der Waals surface area contributed by atoms with Gasteiger partial charge in [0.2, 0.25) is 5.91 Å². The number of aryl methyl sites for hydroxylation is 1. The van der Waals surface area contributed by atoms with E-state index in [4.69, 9.17) is 4.74 Å². The maximum Gasteiger partial charge on any atom is 0.248 e. The van der Waals surface area contributed by atoms with E-state index in [2.05, 4.69) is 5.32 Å². The number of anilines is 1. The Morgan fingerprint density at radius 1 is 1.20 bits per heavy atom. The highest BCUT2D eigenvalue weighted by molar-refractivity contribution is 7.90. The first-order valence-corrected chi connectivity index (χ1v) is 9.23. The summed E-state index contributed by atoms with van der Waals surface area (Å²) in [6, 6.07) is 8.73. The van der Waals surface area contributed by atoms with E-state index in [1.54, 1.807) is 12.1 Å². The predicted molar refractivity (Wildman–Crippen MR) is 94.9 cm³/mol. The van der Waals surface area contributed by atoms with E-state index >= 15 is 0 Å². The van der Waals surface area contributed by atoms with Crippen molar-refractivity contribution in [3.8, 4) is 5.75 Å². The average Bonchev–Trinajstić information content (AvgIpc) is 2.54. The lowest BCUT2D eigenvalue weighted by atomic mass is 10.1. The van der Waals surface area contributed by atoms with E-state index in [0.29, 0.717) is 11.3 Å². The number of hydrogen-bond donors (Lipinski definition) is 1. The van der Waals surface area contributed by atoms with Crippen LogP contribution < -0.4 is 10.1 Å². The van der Waals surface area contributed by atoms with Crippen LogP contribution in [0, 0.1) is 12.7 Å². The van der Waals surface area contributed by atoms with Gasteiger partial charge in [0.25, 0.3) is 0 Å². The van der Waals surface area contributed by atoms with Crippen LogP contribution in [0.2, 0.25) is 0 Å². The molecule has 1 amide bonds. The first-order valence-electron chi connectivity index (χ1n) is 7.34. The summed E-state index contributed by atoms with van der Waals surface area (Å²) in [5.41, 5.74) is 1.49. The van der Waals surface area contributed by atoms with E-state index in [9.17, 15) is 17.6 Å². The van der Waals surface area contributed by atoms with E-state index in [1.165, 1.54) is 13.2 Å². The quantitative estimate of drug-likeness (QED) is 0.654. The van der Waals surface area contributed by atoms with Crippen LogP contribution in [-0.4, -0.2) is 27.7 Å². The maximum atomic E-state index is 13.8. The third-order valence-electron chi connectivity index (χ3n) is 3.42. The van der Waals surface area contributed by atoms with Gasteiger partial charge in [-0.1, -0.05) is 11.6 Å². The highest BCUT2D eigenvalue weighted by atomic mass is 32.2. The monoisotopic (exact) mass is 363 g/mol. The van der Waals surface area contributed by atoms with Gasteiger partial charge in [-0.05, 0) is 43.3 Å². The van der Waals surface area contributed by atoms with E-state index in [1.807, 2.05) is 19.1 Å². The summed E-state index contributed by atoms with van der Waals surface area (Å²) in [6.45, 7) is 1.91. The van der Waals surface area contributed by atoms with Gasteiger partial charge in [-0.2, -0.15) is 0 Å². The van der Waals surface area contributed by atoms with Gasteiger partial charge >= 0.3 is 0 Å². The lowest BCUT2D eigenvalue weighted by Crippen LogP contribution is -2.10. The number of hydrogen-bond acceptors (Lipinski definition) is 4. The Hall–Kier alpha value is -2.67. The lowest BCUT2D eigenvalue weighted by molar-refractivity contribution is -0.111. The van der Waals surface area contributed by atoms with Crippen LogP contribution in [0.5, 0.6) is 5.75 Å². The van der Waals surface area contributed by atoms with Gasteiger partial charge in [0.15, 0.2) is 9.84 Å². The smallest absolute Gasteiger partial charge is 0.248 e. The third kappa shape index (κ3) is 4.90. The molecule has 0 aromatic heterocycles. The molecule has 0 saturated carbocycles. The fourth-order valence-electron chi connectivity index (χ4n) is 2.15. The molecule has 132 valence electrons. The summed E-state index contributed by atoms with van der Waals surface area (Å²) in [7, 11) is -1.98. The van der Waals surface area contributed by atoms with Gasteiger partial charge in [0.1, 0.15) is 11.6 Å². The molecule has 25 heavy (non-hydrogen) atoms. The van der Waals surface area contributed by atoms with Crippen molar-refractivity contribution >= 4 is 27.5 Å². The van der Waals surface area contributed by atoms with Crippen LogP contribution in [0.3, 0.4) is 0 Å². The molecule has 0 saturated heterocycles. The number of halogens is 1. The summed E-state index contributed by atoms with van der Waals surface area (Å²) in [4.78, 5) is 12.0. The number of carbonyl (C=O) groups is 1. The molecule has 7 heteroatoms. The molecule has 0 atom stereocenters. The molecule has 2 aromatic carbocycles. The minimum Gasteiger partial charge on any atom is -0.496 e. The largest absolute Gasteiger partial charge is 0.496 e. The van der Waals surface area contributed by atoms with E-state index in [-0.39, 0.29) is 10.6 Å². The standard InChI is InChI=1S/C18H18FNO4S/c1-12-4-8-17(24-2)13(10-12)5-9-18(21)20-16-11-14(25(3,22)23)6-7-15(16)19/h4-11H,1-3H3,(H,20,21)/b9-5+. The molecule has 0 heterocycles. The Morgan fingerprint density at radius 2 is 1.92 bits per heavy atom. The molecular weight excluding hydrogens is 345 g/mol. The van der Waals surface area contributed by atoms with Crippen molar-refractivity contribution in [3.05, 3.63) is 59.4 Å². The van der Waals surface area contributed by atoms with Gasteiger partial charge in [0.05, 0.1) is 17.7 Å². The maximum absolute atomic E-state index is 13.8. The van der Waals surface area contributed by atoms with Gasteiger partial charge in [-0.25, -0.2) is 12.8 Å². The van der Waals surface area contributed by atoms with Gasteiger partial charge in [-0.15, -0.1) is 0 Å². The fraction of sp³-hybridized carbons (Fsp3) is 0.167. The van der Waals surface area contributed by atoms with Crippen LogP contribution >= 0.6 is 0 Å². The van der Waals surface area contributed by atoms with Crippen molar-refractivity contribution in [3.63, 3.8) is 0 Å². The molecule has 0 fully saturated rings. The average molecular weight is 363 g/mol. The number of nitrogens with one attached hydrogen (secondary N) is 1. The van der Waals surface area contributed by atoms with Gasteiger partial charge in [0, 0.05) is 17.9 Å². The highest BCUT2D eigenvalue weighted by Gasteiger charge is 2.12. The topological polar surface area (TPSA) is 72.5 Å². The highest BCUT2D eigenvalue weighted by Crippen LogP contribution is 2.22. The zero-order chi connectivity index (χ0) is 18.6. The zero-order valence-corrected chi connectivity index (χ0v) is 14.9. The van der Waals surface area contributed by atoms with Crippen molar-refractivity contribution < 1.29 is 22.3 Å². The van der Waals surface area contributed by atoms with Crippen LogP contribution in [0.15, 0.2) is 47.4 Å². The van der Waals surface area contributed by atoms with Crippen molar-refractivity contribution in [2.45, 2.75) is 11.8 Å². The van der Waals surface area contributed by atoms with E-state index in [0.717, 1.165) is 30.0 Å². The molecule has 5 nitrogen and oxygen atoms in total. The molecule has 1 N–H and O–H groups in total. The number of rotatable bonds is 5. The summed E-state index contributed by atoms with van der Waals surface area (Å²) >= 11 is 0. The minimum atomic E-state index is -3.50. The number of benzene rings is 2. The summed E-state index contributed by atoms with van der Waals surface area (Å²) in [5.74, 6) is -0.713. The second kappa shape index (κ2) is 7.48. The van der Waals surface area contributed by atoms with Crippen LogP contribution in [-0.2, 0) is 14.6 Å². The minimum absolute atomic E-state index is 0.0754. The van der Waals surface area contributed by atoms with Crippen LogP contribution in [0.4, 0.5) is 10.1 Å². The summed E-state index contributed by atoms with van der Waals surface area (Å²) in [5, 5.41) is 2.34. The Kier molecular flexibility index (Phi) is 5.58. The van der Waals surface area contributed by atoms with Crippen molar-refractivity contribution in [1.29, 1.82) is 0 Å². The number of carbonyl (C=O) groups excluding carboxylic acids is 1. The van der Waals surface area contributed by atoms with Gasteiger partial charge in [-0.3, -0.25) is 4.79 Å². The SMILES string of the molecule is COc1ccc(C)cc1/C=C/C(=O)Nc1cc(S(C)(=O)=O)ccc1F. The molecule has 0 aliphatic carbocycles. The molecule has 0 spiro atoms. The summed E-state index contributed by atoms with van der Waals surface area (Å²) in [6.07, 6.45) is 3.78. The lowest BCUT2D eigenvalue weighted by Gasteiger charge is -2.07. The molecule has 0 unspecified atom stereocenters. The molecular formula is C18H18FNO4S. The third-order valence-corrected chi connectivity index (χ3v) is 4.53. The molecule has 0 bridgehead atoms. The van der Waals surface area contributed by atoms with Crippen molar-refractivity contribution in [2.24, 2.45) is 0 Å².